The van der Waals surface area contributed by atoms with Crippen molar-refractivity contribution in [2.45, 2.75) is 13.0 Å². The van der Waals surface area contributed by atoms with E-state index in [4.69, 9.17) is 4.98 Å². The highest BCUT2D eigenvalue weighted by Crippen LogP contribution is 2.28. The summed E-state index contributed by atoms with van der Waals surface area (Å²) in [5.74, 6) is 0.746. The number of fused-ring (bicyclic) bond motifs is 1. The van der Waals surface area contributed by atoms with Crippen LogP contribution >= 0.6 is 0 Å². The van der Waals surface area contributed by atoms with Crippen molar-refractivity contribution in [3.63, 3.8) is 0 Å². The number of anilines is 1. The topological polar surface area (TPSA) is 92.5 Å². The predicted octanol–water partition coefficient (Wildman–Crippen LogP) is -0.584. The number of piperazine rings is 1. The van der Waals surface area contributed by atoms with E-state index in [0.717, 1.165) is 37.7 Å². The van der Waals surface area contributed by atoms with Gasteiger partial charge in [-0.3, -0.25) is 18.9 Å². The Hall–Kier alpha value is -2.87. The molecule has 1 atom stereocenters. The number of nitrogens with one attached hydrogen (secondary N) is 1. The maximum atomic E-state index is 12.7. The zero-order valence-corrected chi connectivity index (χ0v) is 15.0. The van der Waals surface area contributed by atoms with Gasteiger partial charge in [-0.2, -0.15) is 4.98 Å². The number of hydrogen-bond acceptors (Lipinski definition) is 4. The van der Waals surface area contributed by atoms with Gasteiger partial charge < -0.3 is 10.2 Å². The second kappa shape index (κ2) is 6.45. The molecule has 1 saturated heterocycles. The number of aryl methyl sites for hydroxylation is 1. The van der Waals surface area contributed by atoms with Crippen LogP contribution in [0.25, 0.3) is 11.2 Å². The molecule has 0 spiro atoms. The van der Waals surface area contributed by atoms with Crippen molar-refractivity contribution in [1.82, 2.24) is 19.1 Å². The molecular formula is C18H23N6O2+. The summed E-state index contributed by atoms with van der Waals surface area (Å²) in [6.45, 7) is 5.74. The van der Waals surface area contributed by atoms with Gasteiger partial charge in [0, 0.05) is 7.05 Å². The van der Waals surface area contributed by atoms with Gasteiger partial charge >= 0.3 is 5.69 Å². The van der Waals surface area contributed by atoms with Crippen molar-refractivity contribution >= 4 is 17.1 Å². The molecule has 1 aliphatic heterocycles. The SMILES string of the molecule is C[C@@H](c1ccccc1)n1c(N2CC[NH2+]CC2)nc2c1c(=O)[nH]c(=O)n2C. The maximum absolute atomic E-state index is 12.7. The summed E-state index contributed by atoms with van der Waals surface area (Å²) in [6, 6.07) is 9.95. The van der Waals surface area contributed by atoms with Crippen molar-refractivity contribution in [2.75, 3.05) is 31.1 Å². The highest BCUT2D eigenvalue weighted by molar-refractivity contribution is 5.75. The smallest absolute Gasteiger partial charge is 0.329 e. The molecule has 0 amide bonds. The molecule has 3 N–H and O–H groups in total. The number of nitrogens with two attached hydrogens (primary N) is 1. The zero-order chi connectivity index (χ0) is 18.3. The van der Waals surface area contributed by atoms with E-state index in [-0.39, 0.29) is 6.04 Å². The molecule has 3 heterocycles. The van der Waals surface area contributed by atoms with E-state index in [1.54, 1.807) is 7.05 Å². The molecular weight excluding hydrogens is 332 g/mol. The van der Waals surface area contributed by atoms with E-state index < -0.39 is 11.2 Å². The molecule has 4 rings (SSSR count). The van der Waals surface area contributed by atoms with Crippen LogP contribution in [0.4, 0.5) is 5.95 Å². The average molecular weight is 355 g/mol. The molecule has 0 saturated carbocycles. The Labute approximate surface area is 150 Å². The Morgan fingerprint density at radius 2 is 1.85 bits per heavy atom. The summed E-state index contributed by atoms with van der Waals surface area (Å²) in [5, 5.41) is 2.27. The highest BCUT2D eigenvalue weighted by Gasteiger charge is 2.26. The van der Waals surface area contributed by atoms with Crippen molar-refractivity contribution < 1.29 is 5.32 Å². The first-order valence-electron chi connectivity index (χ1n) is 8.90. The average Bonchev–Trinajstić information content (AvgIpc) is 3.08. The standard InChI is InChI=1S/C18H22N6O2/c1-12(13-6-4-3-5-7-13)24-14-15(22(2)18(26)21-16(14)25)20-17(24)23-10-8-19-9-11-23/h3-7,12,19H,8-11H2,1-2H3,(H,21,25,26)/p+1/t12-/m0/s1. The van der Waals surface area contributed by atoms with Gasteiger partial charge in [-0.15, -0.1) is 0 Å². The monoisotopic (exact) mass is 355 g/mol. The Balaban J connectivity index is 2.00. The van der Waals surface area contributed by atoms with E-state index in [1.807, 2.05) is 34.9 Å². The summed E-state index contributed by atoms with van der Waals surface area (Å²) in [4.78, 5) is 34.0. The summed E-state index contributed by atoms with van der Waals surface area (Å²) < 4.78 is 3.37. The Morgan fingerprint density at radius 1 is 1.15 bits per heavy atom. The number of imidazole rings is 1. The maximum Gasteiger partial charge on any atom is 0.329 e. The van der Waals surface area contributed by atoms with Crippen molar-refractivity contribution in [1.29, 1.82) is 0 Å². The van der Waals surface area contributed by atoms with E-state index >= 15 is 0 Å². The molecule has 1 aromatic carbocycles. The number of nitrogens with zero attached hydrogens (tertiary/aromatic N) is 4. The molecule has 1 fully saturated rings. The fraction of sp³-hybridized carbons (Fsp3) is 0.389. The van der Waals surface area contributed by atoms with Gasteiger partial charge in [-0.25, -0.2) is 4.79 Å². The fourth-order valence-electron chi connectivity index (χ4n) is 3.61. The fourth-order valence-corrected chi connectivity index (χ4v) is 3.61. The Morgan fingerprint density at radius 3 is 2.54 bits per heavy atom. The van der Waals surface area contributed by atoms with E-state index in [0.29, 0.717) is 11.2 Å². The third-order valence-electron chi connectivity index (χ3n) is 5.09. The van der Waals surface area contributed by atoms with Gasteiger partial charge in [0.2, 0.25) is 5.95 Å². The molecule has 8 heteroatoms. The molecule has 0 unspecified atom stereocenters. The number of quaternary nitrogens is 1. The minimum absolute atomic E-state index is 0.0827. The van der Waals surface area contributed by atoms with Gasteiger partial charge in [0.25, 0.3) is 5.56 Å². The first-order valence-corrected chi connectivity index (χ1v) is 8.90. The molecule has 1 aliphatic rings. The van der Waals surface area contributed by atoms with Crippen molar-refractivity contribution in [3.8, 4) is 0 Å². The van der Waals surface area contributed by atoms with Crippen LogP contribution in [0, 0.1) is 0 Å². The number of rotatable bonds is 3. The molecule has 8 nitrogen and oxygen atoms in total. The van der Waals surface area contributed by atoms with Crippen LogP contribution in [-0.2, 0) is 7.05 Å². The van der Waals surface area contributed by atoms with Crippen LogP contribution in [-0.4, -0.2) is 45.3 Å². The second-order valence-corrected chi connectivity index (χ2v) is 6.71. The third kappa shape index (κ3) is 2.62. The van der Waals surface area contributed by atoms with Gasteiger partial charge in [0.1, 0.15) is 0 Å². The van der Waals surface area contributed by atoms with Crippen LogP contribution < -0.4 is 21.5 Å². The summed E-state index contributed by atoms with van der Waals surface area (Å²) in [6.07, 6.45) is 0. The Bertz CT molecular complexity index is 1040. The predicted molar refractivity (Wildman–Crippen MR) is 99.7 cm³/mol. The van der Waals surface area contributed by atoms with Gasteiger partial charge in [0.15, 0.2) is 11.2 Å². The number of H-pyrrole nitrogens is 1. The third-order valence-corrected chi connectivity index (χ3v) is 5.09. The number of aromatic amines is 1. The lowest BCUT2D eigenvalue weighted by Crippen LogP contribution is -2.89. The van der Waals surface area contributed by atoms with Gasteiger partial charge in [-0.1, -0.05) is 30.3 Å². The lowest BCUT2D eigenvalue weighted by molar-refractivity contribution is -0.655. The Kier molecular flexibility index (Phi) is 4.12. The number of aromatic nitrogens is 4. The summed E-state index contributed by atoms with van der Waals surface area (Å²) >= 11 is 0. The summed E-state index contributed by atoms with van der Waals surface area (Å²) in [7, 11) is 1.64. The van der Waals surface area contributed by atoms with E-state index in [1.165, 1.54) is 4.57 Å². The van der Waals surface area contributed by atoms with Crippen molar-refractivity contribution in [2.24, 2.45) is 7.05 Å². The van der Waals surface area contributed by atoms with Gasteiger partial charge in [0.05, 0.1) is 32.2 Å². The normalized spacial score (nSPS) is 16.2. The van der Waals surface area contributed by atoms with Gasteiger partial charge in [-0.05, 0) is 12.5 Å². The molecule has 2 aromatic heterocycles. The molecule has 0 aliphatic carbocycles. The first kappa shape index (κ1) is 16.6. The first-order chi connectivity index (χ1) is 12.6. The van der Waals surface area contributed by atoms with Crippen LogP contribution in [0.2, 0.25) is 0 Å². The van der Waals surface area contributed by atoms with Crippen LogP contribution in [0.15, 0.2) is 39.9 Å². The van der Waals surface area contributed by atoms with Crippen LogP contribution in [0.1, 0.15) is 18.5 Å². The van der Waals surface area contributed by atoms with E-state index in [9.17, 15) is 9.59 Å². The largest absolute Gasteiger partial charge is 0.343 e. The van der Waals surface area contributed by atoms with Crippen LogP contribution in [0.3, 0.4) is 0 Å². The molecule has 136 valence electrons. The number of benzene rings is 1. The second-order valence-electron chi connectivity index (χ2n) is 6.71. The molecule has 0 radical (unpaired) electrons. The minimum atomic E-state index is -0.446. The van der Waals surface area contributed by atoms with Crippen LogP contribution in [0.5, 0.6) is 0 Å². The quantitative estimate of drug-likeness (QED) is 0.657. The zero-order valence-electron chi connectivity index (χ0n) is 15.0. The number of hydrogen-bond donors (Lipinski definition) is 2. The highest BCUT2D eigenvalue weighted by atomic mass is 16.2. The van der Waals surface area contributed by atoms with E-state index in [2.05, 4.69) is 22.1 Å². The lowest BCUT2D eigenvalue weighted by atomic mass is 10.1. The lowest BCUT2D eigenvalue weighted by Gasteiger charge is -2.28. The van der Waals surface area contributed by atoms with Crippen molar-refractivity contribution in [3.05, 3.63) is 56.7 Å². The minimum Gasteiger partial charge on any atom is -0.343 e. The molecule has 0 bridgehead atoms. The summed E-state index contributed by atoms with van der Waals surface area (Å²) in [5.41, 5.74) is 1.11. The molecule has 26 heavy (non-hydrogen) atoms. The molecule has 3 aromatic rings.